The van der Waals surface area contributed by atoms with Crippen LogP contribution in [-0.4, -0.2) is 20.3 Å². The summed E-state index contributed by atoms with van der Waals surface area (Å²) in [6.07, 6.45) is 1.13. The molecule has 0 unspecified atom stereocenters. The zero-order valence-corrected chi connectivity index (χ0v) is 6.92. The molecule has 0 spiro atoms. The lowest BCUT2D eigenvalue weighted by molar-refractivity contribution is -0.254. The van der Waals surface area contributed by atoms with Crippen LogP contribution in [0, 0.1) is 0 Å². The Morgan fingerprint density at radius 3 is 3.00 bits per heavy atom. The zero-order valence-electron chi connectivity index (χ0n) is 6.10. The molecule has 0 aliphatic rings. The van der Waals surface area contributed by atoms with Crippen LogP contribution in [0.25, 0.3) is 11.0 Å². The van der Waals surface area contributed by atoms with E-state index in [1.165, 1.54) is 0 Å². The van der Waals surface area contributed by atoms with Crippen LogP contribution in [0.5, 0.6) is 0 Å². The van der Waals surface area contributed by atoms with Crippen molar-refractivity contribution in [1.29, 1.82) is 0 Å². The molecule has 66 valence electrons. The van der Waals surface area contributed by atoms with E-state index >= 15 is 0 Å². The van der Waals surface area contributed by atoms with Crippen LogP contribution in [0.1, 0.15) is 9.67 Å². The summed E-state index contributed by atoms with van der Waals surface area (Å²) >= 11 is 0.691. The number of nitrogens with one attached hydrogen (secondary N) is 1. The number of fused-ring (bicyclic) bond motifs is 1. The minimum atomic E-state index is -1.37. The average Bonchev–Trinajstić information content (AvgIpc) is 2.48. The summed E-state index contributed by atoms with van der Waals surface area (Å²) in [5.74, 6) is -1.37. The first-order chi connectivity index (χ1) is 6.20. The molecule has 0 bridgehead atoms. The van der Waals surface area contributed by atoms with Gasteiger partial charge in [0.05, 0.1) is 17.2 Å². The number of rotatable bonds is 1. The normalized spacial score (nSPS) is 10.5. The fraction of sp³-hybridized carbons (Fsp3) is 0. The summed E-state index contributed by atoms with van der Waals surface area (Å²) in [5.41, 5.74) is -0.339. The lowest BCUT2D eigenvalue weighted by atomic mass is 10.4. The van der Waals surface area contributed by atoms with E-state index in [1.54, 1.807) is 0 Å². The molecule has 6 nitrogen and oxygen atoms in total. The van der Waals surface area contributed by atoms with Crippen molar-refractivity contribution in [2.45, 2.75) is 0 Å². The minimum absolute atomic E-state index is 0.0340. The number of hydrogen-bond donors (Lipinski definition) is 1. The van der Waals surface area contributed by atoms with Crippen LogP contribution >= 0.6 is 11.5 Å². The number of aromatic amines is 1. The Labute approximate surface area is 75.0 Å². The Hall–Kier alpha value is -1.76. The topological polar surface area (TPSA) is 98.8 Å². The Bertz CT molecular complexity index is 529. The van der Waals surface area contributed by atoms with Crippen molar-refractivity contribution in [2.24, 2.45) is 0 Å². The maximum absolute atomic E-state index is 11.0. The number of carbonyl (C=O) groups excluding carboxylic acids is 1. The van der Waals surface area contributed by atoms with E-state index in [4.69, 9.17) is 0 Å². The molecule has 0 fully saturated rings. The SMILES string of the molecule is O=C([O-])c1snc2c(=O)[nH]cnc12. The number of aromatic carboxylic acids is 1. The van der Waals surface area contributed by atoms with Gasteiger partial charge in [0.15, 0.2) is 5.52 Å². The first-order valence-corrected chi connectivity index (χ1v) is 4.02. The molecule has 13 heavy (non-hydrogen) atoms. The zero-order chi connectivity index (χ0) is 9.42. The molecule has 0 aliphatic heterocycles. The molecule has 0 atom stereocenters. The lowest BCUT2D eigenvalue weighted by Crippen LogP contribution is -2.21. The van der Waals surface area contributed by atoms with Gasteiger partial charge in [-0.05, 0) is 11.5 Å². The maximum Gasteiger partial charge on any atom is 0.278 e. The highest BCUT2D eigenvalue weighted by Gasteiger charge is 2.10. The Kier molecular flexibility index (Phi) is 1.59. The third-order valence-corrected chi connectivity index (χ3v) is 2.27. The van der Waals surface area contributed by atoms with Crippen molar-refractivity contribution >= 4 is 28.5 Å². The van der Waals surface area contributed by atoms with Gasteiger partial charge >= 0.3 is 0 Å². The molecule has 0 saturated heterocycles. The molecule has 0 aromatic carbocycles. The van der Waals surface area contributed by atoms with Crippen LogP contribution in [0.2, 0.25) is 0 Å². The highest BCUT2D eigenvalue weighted by Crippen LogP contribution is 2.15. The number of aromatic nitrogens is 3. The summed E-state index contributed by atoms with van der Waals surface area (Å²) in [4.78, 5) is 27.4. The average molecular weight is 196 g/mol. The predicted octanol–water partition coefficient (Wildman–Crippen LogP) is -1.26. The number of hydrogen-bond acceptors (Lipinski definition) is 6. The van der Waals surface area contributed by atoms with Crippen molar-refractivity contribution in [3.05, 3.63) is 21.6 Å². The van der Waals surface area contributed by atoms with Gasteiger partial charge in [0.2, 0.25) is 0 Å². The fourth-order valence-corrected chi connectivity index (χ4v) is 1.57. The molecule has 2 aromatic rings. The molecule has 0 radical (unpaired) electrons. The van der Waals surface area contributed by atoms with E-state index in [2.05, 4.69) is 14.3 Å². The summed E-state index contributed by atoms with van der Waals surface area (Å²) in [5, 5.41) is 10.5. The first kappa shape index (κ1) is 7.87. The van der Waals surface area contributed by atoms with Crippen molar-refractivity contribution in [2.75, 3.05) is 0 Å². The van der Waals surface area contributed by atoms with Gasteiger partial charge in [-0.1, -0.05) is 0 Å². The summed E-state index contributed by atoms with van der Waals surface area (Å²) in [6, 6.07) is 0. The molecule has 0 amide bonds. The van der Waals surface area contributed by atoms with E-state index in [9.17, 15) is 14.7 Å². The van der Waals surface area contributed by atoms with Gasteiger partial charge in [0.25, 0.3) is 5.56 Å². The maximum atomic E-state index is 11.0. The number of carboxylic acids is 1. The van der Waals surface area contributed by atoms with Gasteiger partial charge in [-0.15, -0.1) is 0 Å². The highest BCUT2D eigenvalue weighted by atomic mass is 32.1. The molecule has 1 N–H and O–H groups in total. The van der Waals surface area contributed by atoms with E-state index in [0.717, 1.165) is 6.33 Å². The quantitative estimate of drug-likeness (QED) is 0.614. The van der Waals surface area contributed by atoms with Gasteiger partial charge in [-0.25, -0.2) is 4.98 Å². The van der Waals surface area contributed by atoms with Gasteiger partial charge in [0, 0.05) is 0 Å². The third kappa shape index (κ3) is 1.09. The molecule has 2 rings (SSSR count). The van der Waals surface area contributed by atoms with Gasteiger partial charge in [-0.3, -0.25) is 4.79 Å². The smallest absolute Gasteiger partial charge is 0.278 e. The fourth-order valence-electron chi connectivity index (χ4n) is 0.912. The minimum Gasteiger partial charge on any atom is -0.544 e. The molecule has 2 heterocycles. The Balaban J connectivity index is 2.91. The largest absolute Gasteiger partial charge is 0.544 e. The summed E-state index contributed by atoms with van der Waals surface area (Å²) in [6.45, 7) is 0. The predicted molar refractivity (Wildman–Crippen MR) is 42.4 cm³/mol. The van der Waals surface area contributed by atoms with Crippen molar-refractivity contribution in [1.82, 2.24) is 14.3 Å². The van der Waals surface area contributed by atoms with Crippen molar-refractivity contribution in [3.63, 3.8) is 0 Å². The number of carbonyl (C=O) groups is 1. The summed E-state index contributed by atoms with van der Waals surface area (Å²) in [7, 11) is 0. The van der Waals surface area contributed by atoms with Crippen LogP contribution in [-0.2, 0) is 0 Å². The standard InChI is InChI=1S/C6H3N3O3S/c10-5-3-2(7-1-8-5)4(6(11)12)13-9-3/h1H,(H,11,12)(H,7,8,10)/p-1. The second kappa shape index (κ2) is 2.63. The van der Waals surface area contributed by atoms with Crippen molar-refractivity contribution < 1.29 is 9.90 Å². The third-order valence-electron chi connectivity index (χ3n) is 1.46. The Morgan fingerprint density at radius 1 is 1.54 bits per heavy atom. The van der Waals surface area contributed by atoms with E-state index in [0.29, 0.717) is 11.5 Å². The van der Waals surface area contributed by atoms with Crippen LogP contribution < -0.4 is 10.7 Å². The van der Waals surface area contributed by atoms with Gasteiger partial charge in [-0.2, -0.15) is 4.37 Å². The summed E-state index contributed by atoms with van der Waals surface area (Å²) < 4.78 is 3.65. The van der Waals surface area contributed by atoms with E-state index < -0.39 is 11.5 Å². The molecular weight excluding hydrogens is 194 g/mol. The second-order valence-electron chi connectivity index (χ2n) is 2.23. The van der Waals surface area contributed by atoms with Gasteiger partial charge < -0.3 is 14.9 Å². The number of nitrogens with zero attached hydrogens (tertiary/aromatic N) is 2. The number of carboxylic acid groups (broad SMARTS) is 1. The van der Waals surface area contributed by atoms with E-state index in [-0.39, 0.29) is 15.9 Å². The molecule has 2 aromatic heterocycles. The lowest BCUT2D eigenvalue weighted by Gasteiger charge is -1.94. The van der Waals surface area contributed by atoms with Crippen LogP contribution in [0.4, 0.5) is 0 Å². The van der Waals surface area contributed by atoms with Crippen molar-refractivity contribution in [3.8, 4) is 0 Å². The monoisotopic (exact) mass is 196 g/mol. The van der Waals surface area contributed by atoms with E-state index in [1.807, 2.05) is 0 Å². The first-order valence-electron chi connectivity index (χ1n) is 3.24. The molecule has 0 saturated carbocycles. The number of H-pyrrole nitrogens is 1. The molecular formula is C6H2N3O3S-. The second-order valence-corrected chi connectivity index (χ2v) is 3.00. The Morgan fingerprint density at radius 2 is 2.31 bits per heavy atom. The molecule has 7 heteroatoms. The van der Waals surface area contributed by atoms with Gasteiger partial charge in [0.1, 0.15) is 5.52 Å². The molecule has 0 aliphatic carbocycles. The van der Waals surface area contributed by atoms with Crippen LogP contribution in [0.3, 0.4) is 0 Å². The van der Waals surface area contributed by atoms with Crippen LogP contribution in [0.15, 0.2) is 11.1 Å². The highest BCUT2D eigenvalue weighted by molar-refractivity contribution is 7.09.